The summed E-state index contributed by atoms with van der Waals surface area (Å²) >= 11 is 7.67. The number of halogens is 1. The quantitative estimate of drug-likeness (QED) is 0.708. The summed E-state index contributed by atoms with van der Waals surface area (Å²) in [6.45, 7) is 9.09. The molecule has 114 valence electrons. The second kappa shape index (κ2) is 6.95. The van der Waals surface area contributed by atoms with E-state index in [1.165, 1.54) is 10.4 Å². The number of nitrogens with one attached hydrogen (secondary N) is 1. The lowest BCUT2D eigenvalue weighted by Crippen LogP contribution is -2.34. The Hall–Kier alpha value is -0.830. The van der Waals surface area contributed by atoms with Gasteiger partial charge in [0, 0.05) is 17.0 Å². The lowest BCUT2D eigenvalue weighted by molar-refractivity contribution is 0.367. The number of hydrogen-bond donors (Lipinski definition) is 1. The van der Waals surface area contributed by atoms with E-state index in [1.807, 2.05) is 6.07 Å². The van der Waals surface area contributed by atoms with Crippen molar-refractivity contribution in [3.8, 4) is 0 Å². The van der Waals surface area contributed by atoms with E-state index in [4.69, 9.17) is 11.6 Å². The maximum atomic E-state index is 6.02. The minimum absolute atomic E-state index is 0.167. The highest BCUT2D eigenvalue weighted by Gasteiger charge is 2.24. The first-order valence-electron chi connectivity index (χ1n) is 7.45. The van der Waals surface area contributed by atoms with E-state index < -0.39 is 0 Å². The zero-order chi connectivity index (χ0) is 15.5. The predicted octanol–water partition coefficient (Wildman–Crippen LogP) is 5.81. The molecule has 3 heteroatoms. The molecule has 0 saturated carbocycles. The molecule has 2 aromatic rings. The van der Waals surface area contributed by atoms with Crippen molar-refractivity contribution in [2.75, 3.05) is 0 Å². The highest BCUT2D eigenvalue weighted by molar-refractivity contribution is 7.16. The summed E-state index contributed by atoms with van der Waals surface area (Å²) in [5, 5.41) is 3.69. The van der Waals surface area contributed by atoms with Crippen LogP contribution in [0.2, 0.25) is 4.34 Å². The summed E-state index contributed by atoms with van der Waals surface area (Å²) in [5.41, 5.74) is 1.56. The molecule has 1 aromatic carbocycles. The van der Waals surface area contributed by atoms with Crippen molar-refractivity contribution in [2.24, 2.45) is 0 Å². The first-order valence-corrected chi connectivity index (χ1v) is 8.65. The Kier molecular flexibility index (Phi) is 5.48. The van der Waals surface area contributed by atoms with Gasteiger partial charge in [-0.3, -0.25) is 0 Å². The van der Waals surface area contributed by atoms with Crippen molar-refractivity contribution in [3.63, 3.8) is 0 Å². The molecule has 1 N–H and O–H groups in total. The van der Waals surface area contributed by atoms with Crippen molar-refractivity contribution in [2.45, 2.75) is 51.6 Å². The number of hydrogen-bond acceptors (Lipinski definition) is 2. The highest BCUT2D eigenvalue weighted by atomic mass is 35.5. The molecule has 0 radical (unpaired) electrons. The van der Waals surface area contributed by atoms with Crippen LogP contribution in [0.5, 0.6) is 0 Å². The first kappa shape index (κ1) is 16.5. The van der Waals surface area contributed by atoms with Gasteiger partial charge in [0.05, 0.1) is 4.34 Å². The minimum Gasteiger partial charge on any atom is -0.307 e. The van der Waals surface area contributed by atoms with Gasteiger partial charge in [0.25, 0.3) is 0 Å². The summed E-state index contributed by atoms with van der Waals surface area (Å²) in [5.74, 6) is 0. The van der Waals surface area contributed by atoms with Crippen molar-refractivity contribution < 1.29 is 0 Å². The van der Waals surface area contributed by atoms with Gasteiger partial charge in [0.1, 0.15) is 0 Å². The molecular weight excluding hydrogens is 298 g/mol. The fourth-order valence-corrected chi connectivity index (χ4v) is 3.97. The van der Waals surface area contributed by atoms with Crippen molar-refractivity contribution in [1.82, 2.24) is 5.32 Å². The first-order chi connectivity index (χ1) is 9.88. The van der Waals surface area contributed by atoms with E-state index in [9.17, 15) is 0 Å². The van der Waals surface area contributed by atoms with Crippen molar-refractivity contribution in [1.29, 1.82) is 0 Å². The Bertz CT molecular complexity index is 562. The maximum absolute atomic E-state index is 6.02. The molecule has 0 aliphatic rings. The van der Waals surface area contributed by atoms with Gasteiger partial charge in [-0.1, -0.05) is 55.8 Å². The smallest absolute Gasteiger partial charge is 0.0931 e. The average Bonchev–Trinajstić information content (AvgIpc) is 2.86. The third-order valence-electron chi connectivity index (χ3n) is 3.93. The Balaban J connectivity index is 1.96. The van der Waals surface area contributed by atoms with Crippen LogP contribution in [0.4, 0.5) is 0 Å². The molecular formula is C18H24ClNS. The van der Waals surface area contributed by atoms with Crippen molar-refractivity contribution >= 4 is 22.9 Å². The SMILES string of the molecule is CC(CC(C)(C)c1ccccc1)NC(C)c1ccc(Cl)s1. The van der Waals surface area contributed by atoms with Gasteiger partial charge in [0.15, 0.2) is 0 Å². The topological polar surface area (TPSA) is 12.0 Å². The third kappa shape index (κ3) is 4.57. The molecule has 0 aliphatic carbocycles. The van der Waals surface area contributed by atoms with Crippen molar-refractivity contribution in [3.05, 3.63) is 57.2 Å². The highest BCUT2D eigenvalue weighted by Crippen LogP contribution is 2.30. The number of rotatable bonds is 6. The van der Waals surface area contributed by atoms with E-state index >= 15 is 0 Å². The molecule has 0 fully saturated rings. The van der Waals surface area contributed by atoms with Crippen LogP contribution in [0.25, 0.3) is 0 Å². The monoisotopic (exact) mass is 321 g/mol. The third-order valence-corrected chi connectivity index (χ3v) is 5.34. The summed E-state index contributed by atoms with van der Waals surface area (Å²) in [6, 6.07) is 15.6. The van der Waals surface area contributed by atoms with Gasteiger partial charge in [0.2, 0.25) is 0 Å². The number of benzene rings is 1. The molecule has 2 rings (SSSR count). The number of thiophene rings is 1. The fourth-order valence-electron chi connectivity index (χ4n) is 2.90. The van der Waals surface area contributed by atoms with Crippen LogP contribution >= 0.6 is 22.9 Å². The van der Waals surface area contributed by atoms with Crippen LogP contribution in [-0.4, -0.2) is 6.04 Å². The molecule has 0 spiro atoms. The second-order valence-corrected chi connectivity index (χ2v) is 8.13. The van der Waals surface area contributed by atoms with E-state index in [-0.39, 0.29) is 5.41 Å². The Morgan fingerprint density at radius 1 is 1.10 bits per heavy atom. The summed E-state index contributed by atoms with van der Waals surface area (Å²) in [4.78, 5) is 1.30. The van der Waals surface area contributed by atoms with E-state index in [2.05, 4.69) is 69.4 Å². The van der Waals surface area contributed by atoms with Crippen LogP contribution in [0.3, 0.4) is 0 Å². The maximum Gasteiger partial charge on any atom is 0.0931 e. The Morgan fingerprint density at radius 3 is 2.33 bits per heavy atom. The van der Waals surface area contributed by atoms with Crippen LogP contribution in [0, 0.1) is 0 Å². The fraction of sp³-hybridized carbons (Fsp3) is 0.444. The van der Waals surface area contributed by atoms with Crippen LogP contribution in [0.15, 0.2) is 42.5 Å². The average molecular weight is 322 g/mol. The van der Waals surface area contributed by atoms with Crippen LogP contribution in [0.1, 0.15) is 50.6 Å². The molecule has 1 nitrogen and oxygen atoms in total. The summed E-state index contributed by atoms with van der Waals surface area (Å²) in [7, 11) is 0. The molecule has 0 saturated heterocycles. The molecule has 1 heterocycles. The molecule has 0 aliphatic heterocycles. The second-order valence-electron chi connectivity index (χ2n) is 6.39. The molecule has 2 atom stereocenters. The van der Waals surface area contributed by atoms with Gasteiger partial charge in [-0.05, 0) is 43.4 Å². The molecule has 2 unspecified atom stereocenters. The van der Waals surface area contributed by atoms with Gasteiger partial charge in [-0.15, -0.1) is 11.3 Å². The lowest BCUT2D eigenvalue weighted by atomic mass is 9.79. The molecule has 0 amide bonds. The summed E-state index contributed by atoms with van der Waals surface area (Å²) < 4.78 is 0.857. The van der Waals surface area contributed by atoms with Gasteiger partial charge in [-0.25, -0.2) is 0 Å². The largest absolute Gasteiger partial charge is 0.307 e. The van der Waals surface area contributed by atoms with Crippen LogP contribution in [-0.2, 0) is 5.41 Å². The molecule has 0 bridgehead atoms. The van der Waals surface area contributed by atoms with Gasteiger partial charge < -0.3 is 5.32 Å². The summed E-state index contributed by atoms with van der Waals surface area (Å²) in [6.07, 6.45) is 1.10. The van der Waals surface area contributed by atoms with Gasteiger partial charge >= 0.3 is 0 Å². The zero-order valence-electron chi connectivity index (χ0n) is 13.2. The van der Waals surface area contributed by atoms with E-state index in [0.717, 1.165) is 10.8 Å². The Morgan fingerprint density at radius 2 is 1.76 bits per heavy atom. The van der Waals surface area contributed by atoms with E-state index in [0.29, 0.717) is 12.1 Å². The predicted molar refractivity (Wildman–Crippen MR) is 94.4 cm³/mol. The molecule has 21 heavy (non-hydrogen) atoms. The Labute approximate surface area is 137 Å². The zero-order valence-corrected chi connectivity index (χ0v) is 14.8. The minimum atomic E-state index is 0.167. The molecule has 1 aromatic heterocycles. The normalized spacial score (nSPS) is 14.9. The van der Waals surface area contributed by atoms with Gasteiger partial charge in [-0.2, -0.15) is 0 Å². The standard InChI is InChI=1S/C18H24ClNS/c1-13(20-14(2)16-10-11-17(19)21-16)12-18(3,4)15-8-6-5-7-9-15/h5-11,13-14,20H,12H2,1-4H3. The van der Waals surface area contributed by atoms with E-state index in [1.54, 1.807) is 11.3 Å². The van der Waals surface area contributed by atoms with Crippen LogP contribution < -0.4 is 5.32 Å². The lowest BCUT2D eigenvalue weighted by Gasteiger charge is -2.30.